The van der Waals surface area contributed by atoms with Crippen molar-refractivity contribution in [1.82, 2.24) is 19.8 Å². The largest absolute Gasteiger partial charge is 0.444 e. The average molecular weight is 375 g/mol. The van der Waals surface area contributed by atoms with Gasteiger partial charge < -0.3 is 9.64 Å². The van der Waals surface area contributed by atoms with Gasteiger partial charge in [-0.2, -0.15) is 0 Å². The third-order valence-electron chi connectivity index (χ3n) is 3.89. The summed E-state index contributed by atoms with van der Waals surface area (Å²) in [5, 5.41) is 0.516. The maximum atomic E-state index is 12.2. The van der Waals surface area contributed by atoms with E-state index in [0.717, 1.165) is 31.5 Å². The number of hydrogen-bond acceptors (Lipinski definition) is 5. The smallest absolute Gasteiger partial charge is 0.410 e. The normalized spacial score (nSPS) is 19.2. The van der Waals surface area contributed by atoms with Crippen molar-refractivity contribution in [1.29, 1.82) is 0 Å². The Morgan fingerprint density at radius 2 is 2.17 bits per heavy atom. The Bertz CT molecular complexity index is 592. The molecule has 0 aromatic carbocycles. The molecule has 1 aromatic rings. The second-order valence-corrected chi connectivity index (χ2v) is 7.77. The van der Waals surface area contributed by atoms with Gasteiger partial charge in [-0.3, -0.25) is 4.90 Å². The van der Waals surface area contributed by atoms with Gasteiger partial charge in [0.05, 0.1) is 0 Å². The van der Waals surface area contributed by atoms with Crippen molar-refractivity contribution in [2.45, 2.75) is 51.8 Å². The Hall–Kier alpha value is -1.11. The molecular formula is C16H24Cl2N4O2. The Morgan fingerprint density at radius 1 is 1.46 bits per heavy atom. The first-order chi connectivity index (χ1) is 11.2. The van der Waals surface area contributed by atoms with E-state index in [1.807, 2.05) is 20.8 Å². The summed E-state index contributed by atoms with van der Waals surface area (Å²) in [6.45, 7) is 7.94. The number of nitrogens with zero attached hydrogens (tertiary/aromatic N) is 4. The number of likely N-dealkylation sites (tertiary alicyclic amines) is 1. The van der Waals surface area contributed by atoms with Crippen LogP contribution in [0.2, 0.25) is 10.4 Å². The zero-order valence-electron chi connectivity index (χ0n) is 14.6. The van der Waals surface area contributed by atoms with Gasteiger partial charge in [-0.1, -0.05) is 11.6 Å². The Kier molecular flexibility index (Phi) is 6.28. The van der Waals surface area contributed by atoms with E-state index in [9.17, 15) is 4.79 Å². The lowest BCUT2D eigenvalue weighted by Gasteiger charge is -2.38. The number of hydrogen-bond donors (Lipinski definition) is 0. The van der Waals surface area contributed by atoms with Gasteiger partial charge in [-0.05, 0) is 51.8 Å². The van der Waals surface area contributed by atoms with Crippen LogP contribution in [0.1, 0.15) is 39.2 Å². The molecule has 24 heavy (non-hydrogen) atoms. The van der Waals surface area contributed by atoms with Gasteiger partial charge in [0.2, 0.25) is 5.28 Å². The highest BCUT2D eigenvalue weighted by molar-refractivity contribution is 6.32. The summed E-state index contributed by atoms with van der Waals surface area (Å²) in [5.41, 5.74) is 0.343. The van der Waals surface area contributed by atoms with E-state index >= 15 is 0 Å². The molecule has 0 aliphatic carbocycles. The molecule has 1 fully saturated rings. The molecule has 134 valence electrons. The molecule has 0 unspecified atom stereocenters. The number of ether oxygens (including phenoxy) is 1. The topological polar surface area (TPSA) is 58.6 Å². The maximum Gasteiger partial charge on any atom is 0.410 e. The number of amides is 1. The molecule has 1 aliphatic rings. The third kappa shape index (κ3) is 5.46. The second kappa shape index (κ2) is 7.85. The molecule has 6 nitrogen and oxygen atoms in total. The molecule has 1 atom stereocenters. The summed E-state index contributed by atoms with van der Waals surface area (Å²) < 4.78 is 5.45. The van der Waals surface area contributed by atoms with Crippen LogP contribution in [0.15, 0.2) is 6.20 Å². The van der Waals surface area contributed by atoms with Crippen LogP contribution in [-0.2, 0) is 11.3 Å². The Labute approximate surface area is 153 Å². The number of carbonyl (C=O) groups is 1. The van der Waals surface area contributed by atoms with Gasteiger partial charge in [0.25, 0.3) is 0 Å². The first-order valence-corrected chi connectivity index (χ1v) is 8.76. The molecule has 0 radical (unpaired) electrons. The van der Waals surface area contributed by atoms with E-state index < -0.39 is 5.60 Å². The maximum absolute atomic E-state index is 12.2. The van der Waals surface area contributed by atoms with Gasteiger partial charge in [0.15, 0.2) is 0 Å². The molecule has 0 spiro atoms. The van der Waals surface area contributed by atoms with Crippen LogP contribution in [0, 0.1) is 0 Å². The average Bonchev–Trinajstić information content (AvgIpc) is 2.48. The molecular weight excluding hydrogens is 351 g/mol. The molecule has 1 aromatic heterocycles. The Balaban J connectivity index is 1.97. The molecule has 2 heterocycles. The van der Waals surface area contributed by atoms with Crippen LogP contribution in [0.3, 0.4) is 0 Å². The lowest BCUT2D eigenvalue weighted by atomic mass is 10.0. The minimum absolute atomic E-state index is 0.112. The molecule has 8 heteroatoms. The second-order valence-electron chi connectivity index (χ2n) is 7.08. The van der Waals surface area contributed by atoms with Crippen molar-refractivity contribution in [2.24, 2.45) is 0 Å². The van der Waals surface area contributed by atoms with Crippen molar-refractivity contribution >= 4 is 29.3 Å². The van der Waals surface area contributed by atoms with Crippen LogP contribution in [0.4, 0.5) is 4.79 Å². The van der Waals surface area contributed by atoms with Crippen molar-refractivity contribution < 1.29 is 9.53 Å². The van der Waals surface area contributed by atoms with Crippen molar-refractivity contribution in [3.8, 4) is 0 Å². The number of rotatable bonds is 3. The van der Waals surface area contributed by atoms with Gasteiger partial charge in [-0.15, -0.1) is 0 Å². The molecule has 0 saturated carbocycles. The first kappa shape index (κ1) is 19.2. The molecule has 0 bridgehead atoms. The summed E-state index contributed by atoms with van der Waals surface area (Å²) in [7, 11) is 1.79. The summed E-state index contributed by atoms with van der Waals surface area (Å²) >= 11 is 11.9. The Morgan fingerprint density at radius 3 is 2.79 bits per heavy atom. The monoisotopic (exact) mass is 374 g/mol. The van der Waals surface area contributed by atoms with E-state index in [1.54, 1.807) is 18.1 Å². The molecule has 1 amide bonds. The predicted molar refractivity (Wildman–Crippen MR) is 94.3 cm³/mol. The first-order valence-electron chi connectivity index (χ1n) is 8.01. The van der Waals surface area contributed by atoms with Gasteiger partial charge in [-0.25, -0.2) is 14.8 Å². The summed E-state index contributed by atoms with van der Waals surface area (Å²) in [5.74, 6) is 0. The van der Waals surface area contributed by atoms with Gasteiger partial charge >= 0.3 is 6.09 Å². The van der Waals surface area contributed by atoms with Crippen LogP contribution in [0.25, 0.3) is 0 Å². The van der Waals surface area contributed by atoms with E-state index in [1.165, 1.54) is 0 Å². The number of carbonyl (C=O) groups excluding carboxylic acids is 1. The minimum atomic E-state index is -0.492. The molecule has 0 N–H and O–H groups in total. The number of aromatic nitrogens is 2. The van der Waals surface area contributed by atoms with Gasteiger partial charge in [0.1, 0.15) is 10.8 Å². The summed E-state index contributed by atoms with van der Waals surface area (Å²) in [6.07, 6.45) is 3.32. The van der Waals surface area contributed by atoms with E-state index in [4.69, 9.17) is 27.9 Å². The fourth-order valence-corrected chi connectivity index (χ4v) is 3.05. The quantitative estimate of drug-likeness (QED) is 0.597. The zero-order chi connectivity index (χ0) is 17.9. The standard InChI is InChI=1S/C16H24Cl2N4O2/c1-16(2,3)24-15(23)21(4)12-6-5-7-22(10-12)9-11-8-19-14(18)20-13(11)17/h8,12H,5-7,9-10H2,1-4H3/t12-/m1/s1. The summed E-state index contributed by atoms with van der Waals surface area (Å²) in [6, 6.07) is 0.112. The molecule has 1 saturated heterocycles. The van der Waals surface area contributed by atoms with Crippen LogP contribution in [0.5, 0.6) is 0 Å². The molecule has 2 rings (SSSR count). The highest BCUT2D eigenvalue weighted by atomic mass is 35.5. The highest BCUT2D eigenvalue weighted by Gasteiger charge is 2.29. The fourth-order valence-electron chi connectivity index (χ4n) is 2.69. The van der Waals surface area contributed by atoms with Gasteiger partial charge in [0, 0.05) is 37.9 Å². The van der Waals surface area contributed by atoms with Crippen LogP contribution in [-0.4, -0.2) is 57.6 Å². The van der Waals surface area contributed by atoms with Crippen molar-refractivity contribution in [3.05, 3.63) is 22.2 Å². The van der Waals surface area contributed by atoms with Crippen LogP contribution >= 0.6 is 23.2 Å². The SMILES string of the molecule is CN(C(=O)OC(C)(C)C)[C@@H]1CCCN(Cc2cnc(Cl)nc2Cl)C1. The van der Waals surface area contributed by atoms with Crippen molar-refractivity contribution in [3.63, 3.8) is 0 Å². The highest BCUT2D eigenvalue weighted by Crippen LogP contribution is 2.22. The third-order valence-corrected chi connectivity index (χ3v) is 4.40. The number of halogens is 2. The summed E-state index contributed by atoms with van der Waals surface area (Å²) in [4.78, 5) is 24.1. The van der Waals surface area contributed by atoms with E-state index in [0.29, 0.717) is 11.7 Å². The molecule has 1 aliphatic heterocycles. The zero-order valence-corrected chi connectivity index (χ0v) is 16.1. The fraction of sp³-hybridized carbons (Fsp3) is 0.688. The lowest BCUT2D eigenvalue weighted by molar-refractivity contribution is 0.0130. The van der Waals surface area contributed by atoms with E-state index in [2.05, 4.69) is 14.9 Å². The van der Waals surface area contributed by atoms with Crippen LogP contribution < -0.4 is 0 Å². The minimum Gasteiger partial charge on any atom is -0.444 e. The number of likely N-dealkylation sites (N-methyl/N-ethyl adjacent to an activating group) is 1. The number of piperidine rings is 1. The lowest BCUT2D eigenvalue weighted by Crippen LogP contribution is -2.49. The predicted octanol–water partition coefficient (Wildman–Crippen LogP) is 3.61. The van der Waals surface area contributed by atoms with Crippen molar-refractivity contribution in [2.75, 3.05) is 20.1 Å². The van der Waals surface area contributed by atoms with E-state index in [-0.39, 0.29) is 17.4 Å².